The third-order valence-electron chi connectivity index (χ3n) is 7.06. The molecular formula is C33H28ClFN4O5. The zero-order valence-electron chi connectivity index (χ0n) is 24.4. The van der Waals surface area contributed by atoms with Crippen molar-refractivity contribution in [3.8, 4) is 22.9 Å². The van der Waals surface area contributed by atoms with E-state index in [-0.39, 0.29) is 28.9 Å². The molecule has 0 N–H and O–H groups in total. The minimum Gasteiger partial charge on any atom is -0.496 e. The van der Waals surface area contributed by atoms with Crippen LogP contribution < -0.4 is 15.0 Å². The number of fused-ring (bicyclic) bond motifs is 1. The molecule has 4 aromatic carbocycles. The molecule has 9 nitrogen and oxygen atoms in total. The first-order valence-corrected chi connectivity index (χ1v) is 14.1. The maximum Gasteiger partial charge on any atom is 0.313 e. The van der Waals surface area contributed by atoms with Crippen LogP contribution in [-0.2, 0) is 6.61 Å². The van der Waals surface area contributed by atoms with E-state index in [1.807, 2.05) is 32.9 Å². The predicted octanol–water partition coefficient (Wildman–Crippen LogP) is 7.67. The number of nitro groups is 1. The standard InChI is InChI=1S/C33H28ClFN4O5/c1-19(2)25-16-26(20(3)13-30(25)43-4)32-37-28-8-6-5-7-24(28)33(40)38(32)36-17-22-14-27(34)31(29(15-22)39(41)42)44-18-21-9-11-23(35)12-10-21/h5-17,19H,18H2,1-4H3. The van der Waals surface area contributed by atoms with Crippen molar-refractivity contribution in [2.24, 2.45) is 5.10 Å². The Morgan fingerprint density at radius 2 is 1.84 bits per heavy atom. The second-order valence-corrected chi connectivity index (χ2v) is 10.8. The van der Waals surface area contributed by atoms with E-state index in [1.54, 1.807) is 31.4 Å². The topological polar surface area (TPSA) is 109 Å². The number of methoxy groups -OCH3 is 1. The number of rotatable bonds is 9. The van der Waals surface area contributed by atoms with Crippen LogP contribution in [0.2, 0.25) is 5.02 Å². The van der Waals surface area contributed by atoms with Gasteiger partial charge < -0.3 is 9.47 Å². The van der Waals surface area contributed by atoms with Crippen LogP contribution in [0.1, 0.15) is 42.0 Å². The van der Waals surface area contributed by atoms with Gasteiger partial charge in [-0.1, -0.05) is 49.7 Å². The zero-order chi connectivity index (χ0) is 31.5. The Morgan fingerprint density at radius 1 is 1.11 bits per heavy atom. The Bertz CT molecular complexity index is 1970. The van der Waals surface area contributed by atoms with Gasteiger partial charge in [0.1, 0.15) is 18.2 Å². The van der Waals surface area contributed by atoms with Crippen molar-refractivity contribution >= 4 is 34.4 Å². The van der Waals surface area contributed by atoms with E-state index in [1.165, 1.54) is 47.3 Å². The van der Waals surface area contributed by atoms with Crippen LogP contribution in [0.15, 0.2) is 82.7 Å². The van der Waals surface area contributed by atoms with Gasteiger partial charge in [-0.3, -0.25) is 14.9 Å². The molecule has 44 heavy (non-hydrogen) atoms. The number of aromatic nitrogens is 2. The molecule has 0 aliphatic heterocycles. The lowest BCUT2D eigenvalue weighted by atomic mass is 9.96. The SMILES string of the molecule is COc1cc(C)c(-c2nc3ccccc3c(=O)n2N=Cc2cc(Cl)c(OCc3ccc(F)cc3)c([N+](=O)[O-])c2)cc1C(C)C. The molecule has 224 valence electrons. The molecule has 0 saturated heterocycles. The Kier molecular flexibility index (Phi) is 8.73. The highest BCUT2D eigenvalue weighted by molar-refractivity contribution is 6.32. The van der Waals surface area contributed by atoms with E-state index in [0.29, 0.717) is 27.9 Å². The van der Waals surface area contributed by atoms with Gasteiger partial charge in [-0.2, -0.15) is 9.78 Å². The van der Waals surface area contributed by atoms with Crippen LogP contribution in [0.4, 0.5) is 10.1 Å². The van der Waals surface area contributed by atoms with Gasteiger partial charge in [0, 0.05) is 17.2 Å². The predicted molar refractivity (Wildman–Crippen MR) is 169 cm³/mol. The summed E-state index contributed by atoms with van der Waals surface area (Å²) in [5.74, 6) is 0.598. The number of hydrogen-bond donors (Lipinski definition) is 0. The van der Waals surface area contributed by atoms with Crippen LogP contribution in [0.25, 0.3) is 22.3 Å². The molecule has 0 fully saturated rings. The number of ether oxygens (including phenoxy) is 2. The molecule has 0 bridgehead atoms. The fraction of sp³-hybridized carbons (Fsp3) is 0.182. The number of halogens is 2. The van der Waals surface area contributed by atoms with E-state index < -0.39 is 22.0 Å². The van der Waals surface area contributed by atoms with Crippen molar-refractivity contribution in [1.82, 2.24) is 9.66 Å². The summed E-state index contributed by atoms with van der Waals surface area (Å²) in [4.78, 5) is 29.9. The van der Waals surface area contributed by atoms with E-state index in [0.717, 1.165) is 16.9 Å². The van der Waals surface area contributed by atoms with Gasteiger partial charge in [-0.05, 0) is 72.0 Å². The fourth-order valence-corrected chi connectivity index (χ4v) is 5.06. The summed E-state index contributed by atoms with van der Waals surface area (Å²) in [6.45, 7) is 5.92. The van der Waals surface area contributed by atoms with E-state index in [9.17, 15) is 19.3 Å². The summed E-state index contributed by atoms with van der Waals surface area (Å²) < 4.78 is 25.7. The Hall–Kier alpha value is -5.09. The van der Waals surface area contributed by atoms with Crippen LogP contribution in [0.5, 0.6) is 11.5 Å². The highest BCUT2D eigenvalue weighted by atomic mass is 35.5. The molecule has 0 saturated carbocycles. The number of hydrogen-bond acceptors (Lipinski definition) is 7. The summed E-state index contributed by atoms with van der Waals surface area (Å²) in [5.41, 5.74) is 3.00. The number of aryl methyl sites for hydroxylation is 1. The van der Waals surface area contributed by atoms with Gasteiger partial charge in [0.05, 0.1) is 34.2 Å². The largest absolute Gasteiger partial charge is 0.496 e. The molecule has 5 aromatic rings. The maximum absolute atomic E-state index is 13.7. The average molecular weight is 615 g/mol. The third-order valence-corrected chi connectivity index (χ3v) is 7.34. The molecule has 1 heterocycles. The highest BCUT2D eigenvalue weighted by Crippen LogP contribution is 2.37. The molecule has 1 aromatic heterocycles. The number of nitro benzene ring substituents is 1. The molecule has 0 aliphatic carbocycles. The van der Waals surface area contributed by atoms with Gasteiger partial charge in [0.25, 0.3) is 5.56 Å². The first kappa shape index (κ1) is 30.4. The van der Waals surface area contributed by atoms with Crippen molar-refractivity contribution < 1.29 is 18.8 Å². The molecule has 0 atom stereocenters. The van der Waals surface area contributed by atoms with Gasteiger partial charge in [0.2, 0.25) is 5.75 Å². The van der Waals surface area contributed by atoms with Crippen LogP contribution in [0, 0.1) is 22.9 Å². The first-order valence-electron chi connectivity index (χ1n) is 13.7. The molecule has 0 aliphatic rings. The summed E-state index contributed by atoms with van der Waals surface area (Å²) in [7, 11) is 1.61. The molecule has 5 rings (SSSR count). The highest BCUT2D eigenvalue weighted by Gasteiger charge is 2.22. The molecule has 11 heteroatoms. The summed E-state index contributed by atoms with van der Waals surface area (Å²) >= 11 is 6.44. The van der Waals surface area contributed by atoms with Crippen molar-refractivity contribution in [1.29, 1.82) is 0 Å². The fourth-order valence-electron chi connectivity index (χ4n) is 4.79. The summed E-state index contributed by atoms with van der Waals surface area (Å²) in [5, 5.41) is 16.8. The van der Waals surface area contributed by atoms with Gasteiger partial charge in [0.15, 0.2) is 5.82 Å². The molecule has 0 amide bonds. The third kappa shape index (κ3) is 6.16. The second kappa shape index (κ2) is 12.6. The molecule has 0 spiro atoms. The normalized spacial score (nSPS) is 11.4. The van der Waals surface area contributed by atoms with E-state index in [2.05, 4.69) is 5.10 Å². The first-order chi connectivity index (χ1) is 21.1. The number of nitrogens with zero attached hydrogens (tertiary/aromatic N) is 4. The van der Waals surface area contributed by atoms with Crippen LogP contribution >= 0.6 is 11.6 Å². The van der Waals surface area contributed by atoms with Crippen LogP contribution in [-0.4, -0.2) is 27.9 Å². The Morgan fingerprint density at radius 3 is 2.52 bits per heavy atom. The molecular weight excluding hydrogens is 587 g/mol. The lowest BCUT2D eigenvalue weighted by Crippen LogP contribution is -2.20. The zero-order valence-corrected chi connectivity index (χ0v) is 25.1. The van der Waals surface area contributed by atoms with Crippen molar-refractivity contribution in [3.63, 3.8) is 0 Å². The van der Waals surface area contributed by atoms with Crippen molar-refractivity contribution in [2.45, 2.75) is 33.3 Å². The van der Waals surface area contributed by atoms with Gasteiger partial charge in [-0.15, -0.1) is 0 Å². The Balaban J connectivity index is 1.61. The molecule has 0 radical (unpaired) electrons. The number of benzene rings is 4. The van der Waals surface area contributed by atoms with Crippen LogP contribution in [0.3, 0.4) is 0 Å². The van der Waals surface area contributed by atoms with E-state index >= 15 is 0 Å². The monoisotopic (exact) mass is 614 g/mol. The van der Waals surface area contributed by atoms with Gasteiger partial charge in [-0.25, -0.2) is 9.37 Å². The van der Waals surface area contributed by atoms with Crippen molar-refractivity contribution in [2.75, 3.05) is 7.11 Å². The summed E-state index contributed by atoms with van der Waals surface area (Å²) in [6, 6.07) is 19.1. The average Bonchev–Trinajstić information content (AvgIpc) is 3.00. The molecule has 0 unspecified atom stereocenters. The van der Waals surface area contributed by atoms with Crippen molar-refractivity contribution in [3.05, 3.63) is 126 Å². The number of para-hydroxylation sites is 1. The lowest BCUT2D eigenvalue weighted by molar-refractivity contribution is -0.385. The quantitative estimate of drug-likeness (QED) is 0.0957. The summed E-state index contributed by atoms with van der Waals surface area (Å²) in [6.07, 6.45) is 1.31. The minimum absolute atomic E-state index is 0.0282. The Labute approximate surface area is 257 Å². The maximum atomic E-state index is 13.7. The van der Waals surface area contributed by atoms with E-state index in [4.69, 9.17) is 26.1 Å². The minimum atomic E-state index is -0.618. The van der Waals surface area contributed by atoms with Gasteiger partial charge >= 0.3 is 5.69 Å². The lowest BCUT2D eigenvalue weighted by Gasteiger charge is -2.17. The second-order valence-electron chi connectivity index (χ2n) is 10.4. The smallest absolute Gasteiger partial charge is 0.313 e.